The highest BCUT2D eigenvalue weighted by molar-refractivity contribution is 7.99. The van der Waals surface area contributed by atoms with E-state index >= 15 is 0 Å². The van der Waals surface area contributed by atoms with E-state index in [0.29, 0.717) is 12.3 Å². The fraction of sp³-hybridized carbons (Fsp3) is 0.615. The van der Waals surface area contributed by atoms with Crippen molar-refractivity contribution >= 4 is 29.0 Å². The number of unbranched alkanes of at least 4 members (excludes halogenated alkanes) is 1. The summed E-state index contributed by atoms with van der Waals surface area (Å²) < 4.78 is 0. The molecule has 94 valence electrons. The van der Waals surface area contributed by atoms with Crippen molar-refractivity contribution in [1.29, 1.82) is 0 Å². The van der Waals surface area contributed by atoms with E-state index in [1.54, 1.807) is 0 Å². The molecule has 1 atom stereocenters. The van der Waals surface area contributed by atoms with Crippen LogP contribution in [0.15, 0.2) is 12.1 Å². The first-order valence-corrected chi connectivity index (χ1v) is 8.06. The maximum Gasteiger partial charge on any atom is 0.223 e. The highest BCUT2D eigenvalue weighted by Crippen LogP contribution is 2.41. The molecule has 2 nitrogen and oxygen atoms in total. The average molecular weight is 269 g/mol. The van der Waals surface area contributed by atoms with Gasteiger partial charge in [-0.3, -0.25) is 4.79 Å². The fourth-order valence-corrected chi connectivity index (χ4v) is 4.41. The van der Waals surface area contributed by atoms with E-state index in [4.69, 9.17) is 0 Å². The Labute approximate surface area is 111 Å². The number of hydrogen-bond donors (Lipinski definition) is 0. The summed E-state index contributed by atoms with van der Waals surface area (Å²) >= 11 is 3.71. The second kappa shape index (κ2) is 5.91. The van der Waals surface area contributed by atoms with Crippen LogP contribution in [0.5, 0.6) is 0 Å². The van der Waals surface area contributed by atoms with Gasteiger partial charge in [-0.15, -0.1) is 23.1 Å². The Morgan fingerprint density at radius 2 is 2.35 bits per heavy atom. The van der Waals surface area contributed by atoms with E-state index < -0.39 is 0 Å². The first-order chi connectivity index (χ1) is 8.22. The second-order valence-corrected chi connectivity index (χ2v) is 6.87. The SMILES string of the molecule is CCCCC(=O)N1CCS[C@H]1c1ccc(C)s1. The van der Waals surface area contributed by atoms with Crippen molar-refractivity contribution in [1.82, 2.24) is 4.90 Å². The van der Waals surface area contributed by atoms with Gasteiger partial charge in [-0.05, 0) is 25.5 Å². The fourth-order valence-electron chi connectivity index (χ4n) is 2.02. The van der Waals surface area contributed by atoms with Crippen LogP contribution in [0, 0.1) is 6.92 Å². The second-order valence-electron chi connectivity index (χ2n) is 4.36. The van der Waals surface area contributed by atoms with E-state index in [9.17, 15) is 4.79 Å². The lowest BCUT2D eigenvalue weighted by Gasteiger charge is -2.22. The molecule has 1 aliphatic heterocycles. The number of carbonyl (C=O) groups is 1. The number of aryl methyl sites for hydroxylation is 1. The first-order valence-electron chi connectivity index (χ1n) is 6.19. The van der Waals surface area contributed by atoms with Crippen LogP contribution in [0.1, 0.15) is 41.3 Å². The number of amides is 1. The number of carbonyl (C=O) groups excluding carboxylic acids is 1. The maximum atomic E-state index is 12.1. The van der Waals surface area contributed by atoms with Gasteiger partial charge in [-0.2, -0.15) is 0 Å². The minimum Gasteiger partial charge on any atom is -0.325 e. The minimum absolute atomic E-state index is 0.276. The van der Waals surface area contributed by atoms with Crippen molar-refractivity contribution in [3.05, 3.63) is 21.9 Å². The Bertz CT molecular complexity index is 389. The van der Waals surface area contributed by atoms with Crippen LogP contribution in [-0.2, 0) is 4.79 Å². The molecule has 0 aliphatic carbocycles. The number of thiophene rings is 1. The zero-order chi connectivity index (χ0) is 12.3. The molecule has 0 bridgehead atoms. The summed E-state index contributed by atoms with van der Waals surface area (Å²) in [7, 11) is 0. The predicted octanol–water partition coefficient (Wildman–Crippen LogP) is 3.82. The smallest absolute Gasteiger partial charge is 0.223 e. The predicted molar refractivity (Wildman–Crippen MR) is 75.5 cm³/mol. The topological polar surface area (TPSA) is 20.3 Å². The largest absolute Gasteiger partial charge is 0.325 e. The lowest BCUT2D eigenvalue weighted by atomic mass is 10.2. The molecule has 0 saturated carbocycles. The van der Waals surface area contributed by atoms with E-state index in [2.05, 4.69) is 30.9 Å². The van der Waals surface area contributed by atoms with Crippen LogP contribution >= 0.6 is 23.1 Å². The van der Waals surface area contributed by atoms with E-state index in [1.807, 2.05) is 23.1 Å². The zero-order valence-corrected chi connectivity index (χ0v) is 12.1. The number of rotatable bonds is 4. The maximum absolute atomic E-state index is 12.1. The third-order valence-corrected chi connectivity index (χ3v) is 5.40. The number of hydrogen-bond acceptors (Lipinski definition) is 3. The van der Waals surface area contributed by atoms with Crippen LogP contribution in [0.2, 0.25) is 0 Å². The molecule has 4 heteroatoms. The normalized spacial score (nSPS) is 19.9. The number of thioether (sulfide) groups is 1. The van der Waals surface area contributed by atoms with Gasteiger partial charge < -0.3 is 4.90 Å². The van der Waals surface area contributed by atoms with E-state index in [0.717, 1.165) is 25.1 Å². The standard InChI is InChI=1S/C13H19NOS2/c1-3-4-5-12(15)14-8-9-16-13(14)11-7-6-10(2)17-11/h6-7,13H,3-5,8-9H2,1-2H3/t13-/m0/s1. The van der Waals surface area contributed by atoms with Crippen LogP contribution < -0.4 is 0 Å². The van der Waals surface area contributed by atoms with Crippen molar-refractivity contribution in [2.45, 2.75) is 38.5 Å². The molecule has 2 heterocycles. The summed E-state index contributed by atoms with van der Waals surface area (Å²) in [6.07, 6.45) is 2.81. The molecule has 1 saturated heterocycles. The van der Waals surface area contributed by atoms with Crippen molar-refractivity contribution in [2.75, 3.05) is 12.3 Å². The molecule has 0 unspecified atom stereocenters. The third-order valence-electron chi connectivity index (χ3n) is 2.96. The lowest BCUT2D eigenvalue weighted by Crippen LogP contribution is -2.29. The summed E-state index contributed by atoms with van der Waals surface area (Å²) in [4.78, 5) is 16.8. The van der Waals surface area contributed by atoms with Gasteiger partial charge in [-0.25, -0.2) is 0 Å². The molecule has 1 aromatic heterocycles. The first kappa shape index (κ1) is 13.0. The summed E-state index contributed by atoms with van der Waals surface area (Å²) in [5.74, 6) is 1.40. The monoisotopic (exact) mass is 269 g/mol. The average Bonchev–Trinajstić information content (AvgIpc) is 2.93. The van der Waals surface area contributed by atoms with Crippen molar-refractivity contribution in [2.24, 2.45) is 0 Å². The van der Waals surface area contributed by atoms with Gasteiger partial charge >= 0.3 is 0 Å². The van der Waals surface area contributed by atoms with Crippen molar-refractivity contribution in [3.63, 3.8) is 0 Å². The highest BCUT2D eigenvalue weighted by atomic mass is 32.2. The summed E-state index contributed by atoms with van der Waals surface area (Å²) in [6, 6.07) is 4.32. The summed E-state index contributed by atoms with van der Waals surface area (Å²) in [5.41, 5.74) is 0. The molecule has 1 aliphatic rings. The summed E-state index contributed by atoms with van der Waals surface area (Å²) in [6.45, 7) is 5.16. The lowest BCUT2D eigenvalue weighted by molar-refractivity contribution is -0.131. The molecule has 1 fully saturated rings. The molecule has 17 heavy (non-hydrogen) atoms. The molecule has 1 aromatic rings. The Morgan fingerprint density at radius 1 is 1.53 bits per heavy atom. The molecule has 0 aromatic carbocycles. The van der Waals surface area contributed by atoms with Crippen molar-refractivity contribution in [3.8, 4) is 0 Å². The van der Waals surface area contributed by atoms with Gasteiger partial charge in [0, 0.05) is 28.5 Å². The van der Waals surface area contributed by atoms with E-state index in [-0.39, 0.29) is 5.37 Å². The van der Waals surface area contributed by atoms with Gasteiger partial charge in [-0.1, -0.05) is 13.3 Å². The Kier molecular flexibility index (Phi) is 4.51. The molecular weight excluding hydrogens is 250 g/mol. The highest BCUT2D eigenvalue weighted by Gasteiger charge is 2.30. The molecule has 0 spiro atoms. The van der Waals surface area contributed by atoms with Gasteiger partial charge in [0.1, 0.15) is 5.37 Å². The van der Waals surface area contributed by atoms with Gasteiger partial charge in [0.25, 0.3) is 0 Å². The summed E-state index contributed by atoms with van der Waals surface area (Å²) in [5, 5.41) is 0.276. The Morgan fingerprint density at radius 3 is 3.00 bits per heavy atom. The van der Waals surface area contributed by atoms with Gasteiger partial charge in [0.2, 0.25) is 5.91 Å². The van der Waals surface area contributed by atoms with Crippen LogP contribution in [0.25, 0.3) is 0 Å². The van der Waals surface area contributed by atoms with Gasteiger partial charge in [0.15, 0.2) is 0 Å². The molecule has 1 amide bonds. The zero-order valence-electron chi connectivity index (χ0n) is 10.4. The van der Waals surface area contributed by atoms with Crippen LogP contribution in [0.4, 0.5) is 0 Å². The quantitative estimate of drug-likeness (QED) is 0.828. The third kappa shape index (κ3) is 3.05. The number of nitrogens with zero attached hydrogens (tertiary/aromatic N) is 1. The Hall–Kier alpha value is -0.480. The van der Waals surface area contributed by atoms with Gasteiger partial charge in [0.05, 0.1) is 0 Å². The van der Waals surface area contributed by atoms with Crippen LogP contribution in [-0.4, -0.2) is 23.1 Å². The Balaban J connectivity index is 2.04. The molecular formula is C13H19NOS2. The molecule has 2 rings (SSSR count). The molecule has 0 radical (unpaired) electrons. The van der Waals surface area contributed by atoms with Crippen LogP contribution in [0.3, 0.4) is 0 Å². The van der Waals surface area contributed by atoms with Crippen molar-refractivity contribution < 1.29 is 4.79 Å². The van der Waals surface area contributed by atoms with E-state index in [1.165, 1.54) is 9.75 Å². The molecule has 0 N–H and O–H groups in total. The minimum atomic E-state index is 0.276.